The third-order valence-corrected chi connectivity index (χ3v) is 2.04. The molecule has 0 aliphatic rings. The minimum absolute atomic E-state index is 0.0859. The summed E-state index contributed by atoms with van der Waals surface area (Å²) in [5, 5.41) is 0. The smallest absolute Gasteiger partial charge is 0.0693 e. The monoisotopic (exact) mass is 194 g/mol. The summed E-state index contributed by atoms with van der Waals surface area (Å²) in [6.45, 7) is 3.49. The average molecular weight is 194 g/mol. The molecule has 14 heavy (non-hydrogen) atoms. The predicted octanol–water partition coefficient (Wildman–Crippen LogP) is 1.62. The van der Waals surface area contributed by atoms with Gasteiger partial charge in [-0.15, -0.1) is 0 Å². The normalized spacial score (nSPS) is 12.7. The average Bonchev–Trinajstić information content (AvgIpc) is 2.26. The maximum absolute atomic E-state index is 5.46. The fourth-order valence-electron chi connectivity index (χ4n) is 1.27. The van der Waals surface area contributed by atoms with Crippen LogP contribution in [0.25, 0.3) is 0 Å². The second kappa shape index (κ2) is 6.54. The summed E-state index contributed by atoms with van der Waals surface area (Å²) in [7, 11) is 0. The van der Waals surface area contributed by atoms with Crippen LogP contribution < -0.4 is 11.3 Å². The molecule has 1 atom stereocenters. The molecule has 0 spiro atoms. The van der Waals surface area contributed by atoms with Crippen molar-refractivity contribution in [2.45, 2.75) is 19.4 Å². The molecule has 1 aromatic carbocycles. The number of nitrogens with one attached hydrogen (secondary N) is 1. The van der Waals surface area contributed by atoms with Crippen molar-refractivity contribution in [2.75, 3.05) is 13.2 Å². The van der Waals surface area contributed by atoms with E-state index in [1.165, 1.54) is 0 Å². The molecular formula is C11H18N2O. The molecule has 3 nitrogen and oxygen atoms in total. The first-order valence-electron chi connectivity index (χ1n) is 4.97. The van der Waals surface area contributed by atoms with E-state index in [0.717, 1.165) is 18.6 Å². The van der Waals surface area contributed by atoms with Crippen LogP contribution in [0.4, 0.5) is 0 Å². The van der Waals surface area contributed by atoms with Crippen molar-refractivity contribution in [1.29, 1.82) is 0 Å². The van der Waals surface area contributed by atoms with Crippen molar-refractivity contribution in [3.8, 4) is 0 Å². The molecule has 0 aliphatic carbocycles. The van der Waals surface area contributed by atoms with Crippen LogP contribution in [0.3, 0.4) is 0 Å². The third kappa shape index (κ3) is 3.46. The Morgan fingerprint density at radius 2 is 2.07 bits per heavy atom. The molecule has 1 aromatic rings. The van der Waals surface area contributed by atoms with Gasteiger partial charge in [0.1, 0.15) is 0 Å². The molecule has 1 unspecified atom stereocenters. The Labute approximate surface area is 85.2 Å². The maximum Gasteiger partial charge on any atom is 0.0693 e. The van der Waals surface area contributed by atoms with Crippen molar-refractivity contribution in [3.05, 3.63) is 35.9 Å². The highest BCUT2D eigenvalue weighted by Crippen LogP contribution is 2.11. The SMILES string of the molecule is CCCOCC(NN)c1ccccc1. The standard InChI is InChI=1S/C11H18N2O/c1-2-8-14-9-11(13-12)10-6-4-3-5-7-10/h3-7,11,13H,2,8-9,12H2,1H3. The number of nitrogens with two attached hydrogens (primary N) is 1. The molecule has 3 N–H and O–H groups in total. The van der Waals surface area contributed by atoms with Crippen LogP contribution in [-0.2, 0) is 4.74 Å². The molecule has 1 rings (SSSR count). The van der Waals surface area contributed by atoms with E-state index in [2.05, 4.69) is 12.3 Å². The van der Waals surface area contributed by atoms with Gasteiger partial charge in [-0.1, -0.05) is 37.3 Å². The fourth-order valence-corrected chi connectivity index (χ4v) is 1.27. The molecule has 78 valence electrons. The van der Waals surface area contributed by atoms with Gasteiger partial charge in [0.25, 0.3) is 0 Å². The highest BCUT2D eigenvalue weighted by molar-refractivity contribution is 5.18. The van der Waals surface area contributed by atoms with E-state index in [4.69, 9.17) is 10.6 Å². The topological polar surface area (TPSA) is 47.3 Å². The van der Waals surface area contributed by atoms with Gasteiger partial charge in [0.05, 0.1) is 12.6 Å². The van der Waals surface area contributed by atoms with Gasteiger partial charge in [-0.2, -0.15) is 0 Å². The van der Waals surface area contributed by atoms with Gasteiger partial charge < -0.3 is 4.74 Å². The van der Waals surface area contributed by atoms with E-state index in [9.17, 15) is 0 Å². The first-order chi connectivity index (χ1) is 6.88. The van der Waals surface area contributed by atoms with Crippen LogP contribution in [-0.4, -0.2) is 13.2 Å². The zero-order valence-corrected chi connectivity index (χ0v) is 8.57. The summed E-state index contributed by atoms with van der Waals surface area (Å²) < 4.78 is 5.45. The molecule has 0 fully saturated rings. The van der Waals surface area contributed by atoms with E-state index < -0.39 is 0 Å². The number of rotatable bonds is 6. The van der Waals surface area contributed by atoms with Gasteiger partial charge in [0, 0.05) is 6.61 Å². The lowest BCUT2D eigenvalue weighted by Crippen LogP contribution is -2.31. The summed E-state index contributed by atoms with van der Waals surface area (Å²) in [6.07, 6.45) is 1.03. The lowest BCUT2D eigenvalue weighted by atomic mass is 10.1. The Kier molecular flexibility index (Phi) is 5.22. The van der Waals surface area contributed by atoms with Crippen LogP contribution in [0.1, 0.15) is 24.9 Å². The second-order valence-corrected chi connectivity index (χ2v) is 3.20. The Balaban J connectivity index is 2.46. The quantitative estimate of drug-likeness (QED) is 0.411. The molecule has 0 saturated carbocycles. The van der Waals surface area contributed by atoms with Gasteiger partial charge in [-0.3, -0.25) is 11.3 Å². The van der Waals surface area contributed by atoms with Crippen LogP contribution >= 0.6 is 0 Å². The zero-order chi connectivity index (χ0) is 10.2. The number of ether oxygens (including phenoxy) is 1. The van der Waals surface area contributed by atoms with Crippen molar-refractivity contribution >= 4 is 0 Å². The molecule has 0 aliphatic heterocycles. The van der Waals surface area contributed by atoms with Crippen LogP contribution in [0.2, 0.25) is 0 Å². The highest BCUT2D eigenvalue weighted by Gasteiger charge is 2.07. The summed E-state index contributed by atoms with van der Waals surface area (Å²) in [5.41, 5.74) is 3.91. The van der Waals surface area contributed by atoms with E-state index >= 15 is 0 Å². The third-order valence-electron chi connectivity index (χ3n) is 2.04. The number of hydrogen-bond donors (Lipinski definition) is 2. The van der Waals surface area contributed by atoms with E-state index in [1.54, 1.807) is 0 Å². The van der Waals surface area contributed by atoms with Gasteiger partial charge >= 0.3 is 0 Å². The number of hydrogen-bond acceptors (Lipinski definition) is 3. The van der Waals surface area contributed by atoms with Crippen LogP contribution in [0, 0.1) is 0 Å². The number of benzene rings is 1. The summed E-state index contributed by atoms with van der Waals surface area (Å²) >= 11 is 0. The second-order valence-electron chi connectivity index (χ2n) is 3.20. The van der Waals surface area contributed by atoms with E-state index in [0.29, 0.717) is 6.61 Å². The predicted molar refractivity (Wildman–Crippen MR) is 57.6 cm³/mol. The number of hydrazine groups is 1. The van der Waals surface area contributed by atoms with Gasteiger partial charge in [-0.05, 0) is 12.0 Å². The van der Waals surface area contributed by atoms with Crippen molar-refractivity contribution in [2.24, 2.45) is 5.84 Å². The minimum atomic E-state index is 0.0859. The first-order valence-corrected chi connectivity index (χ1v) is 4.97. The molecular weight excluding hydrogens is 176 g/mol. The van der Waals surface area contributed by atoms with Gasteiger partial charge in [0.2, 0.25) is 0 Å². The van der Waals surface area contributed by atoms with E-state index in [-0.39, 0.29) is 6.04 Å². The van der Waals surface area contributed by atoms with E-state index in [1.807, 2.05) is 30.3 Å². The maximum atomic E-state index is 5.46. The molecule has 0 bridgehead atoms. The highest BCUT2D eigenvalue weighted by atomic mass is 16.5. The van der Waals surface area contributed by atoms with Gasteiger partial charge in [0.15, 0.2) is 0 Å². The van der Waals surface area contributed by atoms with Crippen molar-refractivity contribution in [3.63, 3.8) is 0 Å². The fraction of sp³-hybridized carbons (Fsp3) is 0.455. The molecule has 0 amide bonds. The Morgan fingerprint density at radius 1 is 1.36 bits per heavy atom. The summed E-state index contributed by atoms with van der Waals surface area (Å²) in [4.78, 5) is 0. The summed E-state index contributed by atoms with van der Waals surface area (Å²) in [6, 6.07) is 10.2. The molecule has 0 saturated heterocycles. The Hall–Kier alpha value is -0.900. The van der Waals surface area contributed by atoms with Crippen molar-refractivity contribution < 1.29 is 4.74 Å². The minimum Gasteiger partial charge on any atom is -0.379 e. The lowest BCUT2D eigenvalue weighted by molar-refractivity contribution is 0.112. The van der Waals surface area contributed by atoms with Gasteiger partial charge in [-0.25, -0.2) is 0 Å². The summed E-state index contributed by atoms with van der Waals surface area (Å²) in [5.74, 6) is 5.46. The van der Waals surface area contributed by atoms with Crippen molar-refractivity contribution in [1.82, 2.24) is 5.43 Å². The molecule has 0 radical (unpaired) electrons. The molecule has 3 heteroatoms. The Morgan fingerprint density at radius 3 is 2.64 bits per heavy atom. The van der Waals surface area contributed by atoms with Crippen LogP contribution in [0.15, 0.2) is 30.3 Å². The Bertz CT molecular complexity index is 238. The zero-order valence-electron chi connectivity index (χ0n) is 8.57. The lowest BCUT2D eigenvalue weighted by Gasteiger charge is -2.15. The van der Waals surface area contributed by atoms with Crippen LogP contribution in [0.5, 0.6) is 0 Å². The molecule has 0 heterocycles. The first kappa shape index (κ1) is 11.2. The molecule has 0 aromatic heterocycles. The largest absolute Gasteiger partial charge is 0.379 e.